The predicted octanol–water partition coefficient (Wildman–Crippen LogP) is 2.36. The number of pyridine rings is 1. The third-order valence-electron chi connectivity index (χ3n) is 4.21. The van der Waals surface area contributed by atoms with E-state index in [1.165, 1.54) is 35.3 Å². The van der Waals surface area contributed by atoms with E-state index >= 15 is 0 Å². The molecule has 0 amide bonds. The summed E-state index contributed by atoms with van der Waals surface area (Å²) >= 11 is 5.88. The standard InChI is InChI=1S/C18H14ClN5O3S/c1-11-3-2-4-13(22-11)10-24-18(25)15-6-5-14(7-12(15)8-21-24)28(26,27)17-16(19)9-20-23-17/h2-9H,10H2,1H3,(H,20,23). The highest BCUT2D eigenvalue weighted by Crippen LogP contribution is 2.26. The molecule has 0 bridgehead atoms. The molecule has 142 valence electrons. The quantitative estimate of drug-likeness (QED) is 0.547. The van der Waals surface area contributed by atoms with Crippen molar-refractivity contribution in [2.75, 3.05) is 0 Å². The molecular formula is C18H14ClN5O3S. The van der Waals surface area contributed by atoms with Crippen molar-refractivity contribution in [1.29, 1.82) is 0 Å². The maximum absolute atomic E-state index is 12.7. The second-order valence-corrected chi connectivity index (χ2v) is 8.44. The van der Waals surface area contributed by atoms with Crippen LogP contribution in [0.25, 0.3) is 10.8 Å². The third kappa shape index (κ3) is 3.19. The monoisotopic (exact) mass is 415 g/mol. The molecule has 3 heterocycles. The number of aromatic amines is 1. The maximum atomic E-state index is 12.7. The number of benzene rings is 1. The van der Waals surface area contributed by atoms with E-state index < -0.39 is 9.84 Å². The fourth-order valence-corrected chi connectivity index (χ4v) is 4.49. The molecule has 0 saturated heterocycles. The molecule has 0 spiro atoms. The van der Waals surface area contributed by atoms with Crippen molar-refractivity contribution in [1.82, 2.24) is 25.0 Å². The number of hydrogen-bond acceptors (Lipinski definition) is 6. The van der Waals surface area contributed by atoms with Crippen molar-refractivity contribution in [3.63, 3.8) is 0 Å². The van der Waals surface area contributed by atoms with E-state index in [1.54, 1.807) is 0 Å². The van der Waals surface area contributed by atoms with Crippen LogP contribution in [0.3, 0.4) is 0 Å². The van der Waals surface area contributed by atoms with Gasteiger partial charge in [0.1, 0.15) is 0 Å². The van der Waals surface area contributed by atoms with E-state index in [-0.39, 0.29) is 27.0 Å². The van der Waals surface area contributed by atoms with Gasteiger partial charge in [0.15, 0.2) is 5.03 Å². The van der Waals surface area contributed by atoms with E-state index in [2.05, 4.69) is 20.3 Å². The number of halogens is 1. The lowest BCUT2D eigenvalue weighted by Gasteiger charge is -2.08. The smallest absolute Gasteiger partial charge is 0.274 e. The lowest BCUT2D eigenvalue weighted by molar-refractivity contribution is 0.592. The van der Waals surface area contributed by atoms with Crippen LogP contribution >= 0.6 is 11.6 Å². The number of aryl methyl sites for hydroxylation is 1. The third-order valence-corrected chi connectivity index (χ3v) is 6.30. The summed E-state index contributed by atoms with van der Waals surface area (Å²) < 4.78 is 26.7. The van der Waals surface area contributed by atoms with Crippen LogP contribution in [0, 0.1) is 6.92 Å². The molecular weight excluding hydrogens is 402 g/mol. The summed E-state index contributed by atoms with van der Waals surface area (Å²) in [5.74, 6) is 0. The molecule has 0 aliphatic heterocycles. The van der Waals surface area contributed by atoms with Gasteiger partial charge in [-0.15, -0.1) is 0 Å². The van der Waals surface area contributed by atoms with E-state index in [0.29, 0.717) is 16.5 Å². The molecule has 8 nitrogen and oxygen atoms in total. The number of nitrogens with one attached hydrogen (secondary N) is 1. The van der Waals surface area contributed by atoms with Crippen LogP contribution in [0.5, 0.6) is 0 Å². The Morgan fingerprint density at radius 3 is 2.75 bits per heavy atom. The topological polar surface area (TPSA) is 111 Å². The van der Waals surface area contributed by atoms with Gasteiger partial charge in [-0.2, -0.15) is 10.2 Å². The maximum Gasteiger partial charge on any atom is 0.274 e. The minimum Gasteiger partial charge on any atom is -0.283 e. The number of hydrogen-bond donors (Lipinski definition) is 1. The zero-order valence-electron chi connectivity index (χ0n) is 14.6. The van der Waals surface area contributed by atoms with Crippen molar-refractivity contribution in [3.05, 3.63) is 75.6 Å². The Labute approximate surface area is 164 Å². The Hall–Kier alpha value is -3.04. The lowest BCUT2D eigenvalue weighted by atomic mass is 10.2. The number of nitrogens with zero attached hydrogens (tertiary/aromatic N) is 4. The Morgan fingerprint density at radius 2 is 2.04 bits per heavy atom. The number of sulfone groups is 1. The Bertz CT molecular complexity index is 1360. The van der Waals surface area contributed by atoms with Gasteiger partial charge in [0, 0.05) is 17.3 Å². The van der Waals surface area contributed by atoms with Gasteiger partial charge in [0.2, 0.25) is 9.84 Å². The molecule has 1 N–H and O–H groups in total. The average Bonchev–Trinajstić information content (AvgIpc) is 3.11. The highest BCUT2D eigenvalue weighted by molar-refractivity contribution is 7.91. The largest absolute Gasteiger partial charge is 0.283 e. The SMILES string of the molecule is Cc1cccc(Cn2ncc3cc(S(=O)(=O)c4n[nH]cc4Cl)ccc3c2=O)n1. The van der Waals surface area contributed by atoms with Crippen LogP contribution in [0.2, 0.25) is 5.02 Å². The summed E-state index contributed by atoms with van der Waals surface area (Å²) in [5, 5.41) is 10.8. The molecule has 0 aliphatic carbocycles. The molecule has 0 saturated carbocycles. The minimum absolute atomic E-state index is 0.000654. The first-order chi connectivity index (χ1) is 13.4. The van der Waals surface area contributed by atoms with Gasteiger partial charge in [0.05, 0.1) is 33.7 Å². The van der Waals surface area contributed by atoms with Gasteiger partial charge < -0.3 is 0 Å². The Kier molecular flexibility index (Phi) is 4.48. The summed E-state index contributed by atoms with van der Waals surface area (Å²) in [6.07, 6.45) is 2.74. The van der Waals surface area contributed by atoms with Crippen LogP contribution in [-0.4, -0.2) is 33.4 Å². The highest BCUT2D eigenvalue weighted by Gasteiger charge is 2.24. The van der Waals surface area contributed by atoms with Crippen LogP contribution in [0.4, 0.5) is 0 Å². The highest BCUT2D eigenvalue weighted by atomic mass is 35.5. The van der Waals surface area contributed by atoms with E-state index in [9.17, 15) is 13.2 Å². The fraction of sp³-hybridized carbons (Fsp3) is 0.111. The van der Waals surface area contributed by atoms with Crippen LogP contribution in [0.1, 0.15) is 11.4 Å². The average molecular weight is 416 g/mol. The summed E-state index contributed by atoms with van der Waals surface area (Å²) in [7, 11) is -3.91. The summed E-state index contributed by atoms with van der Waals surface area (Å²) in [6, 6.07) is 9.76. The van der Waals surface area contributed by atoms with Crippen LogP contribution in [0.15, 0.2) is 63.5 Å². The summed E-state index contributed by atoms with van der Waals surface area (Å²) in [4.78, 5) is 17.1. The molecule has 0 unspecified atom stereocenters. The Balaban J connectivity index is 1.76. The first-order valence-corrected chi connectivity index (χ1v) is 10.1. The zero-order chi connectivity index (χ0) is 19.9. The van der Waals surface area contributed by atoms with Gasteiger partial charge >= 0.3 is 0 Å². The van der Waals surface area contributed by atoms with Gasteiger partial charge in [-0.25, -0.2) is 13.1 Å². The van der Waals surface area contributed by atoms with Crippen LogP contribution < -0.4 is 5.56 Å². The van der Waals surface area contributed by atoms with E-state index in [1.807, 2.05) is 25.1 Å². The second kappa shape index (κ2) is 6.84. The summed E-state index contributed by atoms with van der Waals surface area (Å²) in [5.41, 5.74) is 1.22. The van der Waals surface area contributed by atoms with Crippen molar-refractivity contribution in [2.24, 2.45) is 0 Å². The molecule has 4 rings (SSSR count). The molecule has 0 aliphatic rings. The molecule has 0 radical (unpaired) electrons. The molecule has 0 fully saturated rings. The summed E-state index contributed by atoms with van der Waals surface area (Å²) in [6.45, 7) is 2.09. The van der Waals surface area contributed by atoms with Crippen molar-refractivity contribution < 1.29 is 8.42 Å². The Morgan fingerprint density at radius 1 is 1.21 bits per heavy atom. The van der Waals surface area contributed by atoms with Gasteiger partial charge in [-0.3, -0.25) is 14.9 Å². The second-order valence-electron chi connectivity index (χ2n) is 6.17. The first kappa shape index (κ1) is 18.3. The van der Waals surface area contributed by atoms with Crippen molar-refractivity contribution in [2.45, 2.75) is 23.4 Å². The zero-order valence-corrected chi connectivity index (χ0v) is 16.2. The van der Waals surface area contributed by atoms with Gasteiger partial charge in [-0.1, -0.05) is 17.7 Å². The molecule has 1 aromatic carbocycles. The number of aromatic nitrogens is 5. The molecule has 28 heavy (non-hydrogen) atoms. The van der Waals surface area contributed by atoms with Crippen molar-refractivity contribution >= 4 is 32.2 Å². The lowest BCUT2D eigenvalue weighted by Crippen LogP contribution is -2.23. The molecule has 0 atom stereocenters. The van der Waals surface area contributed by atoms with Gasteiger partial charge in [0.25, 0.3) is 5.56 Å². The van der Waals surface area contributed by atoms with Crippen LogP contribution in [-0.2, 0) is 16.4 Å². The molecule has 4 aromatic rings. The number of fused-ring (bicyclic) bond motifs is 1. The fourth-order valence-electron chi connectivity index (χ4n) is 2.85. The normalized spacial score (nSPS) is 11.8. The van der Waals surface area contributed by atoms with Gasteiger partial charge in [-0.05, 0) is 37.3 Å². The number of rotatable bonds is 4. The molecule has 10 heteroatoms. The number of H-pyrrole nitrogens is 1. The van der Waals surface area contributed by atoms with Crippen molar-refractivity contribution in [3.8, 4) is 0 Å². The predicted molar refractivity (Wildman–Crippen MR) is 103 cm³/mol. The van der Waals surface area contributed by atoms with E-state index in [4.69, 9.17) is 11.6 Å². The molecule has 3 aromatic heterocycles. The first-order valence-electron chi connectivity index (χ1n) is 8.23. The van der Waals surface area contributed by atoms with E-state index in [0.717, 1.165) is 5.69 Å². The minimum atomic E-state index is -3.91.